The Kier molecular flexibility index (Phi) is 3.91. The minimum atomic E-state index is 0.416. The van der Waals surface area contributed by atoms with Crippen molar-refractivity contribution in [1.29, 1.82) is 0 Å². The molecule has 4 N–H and O–H groups in total. The summed E-state index contributed by atoms with van der Waals surface area (Å²) < 4.78 is 0. The number of hydrogen-bond acceptors (Lipinski definition) is 5. The van der Waals surface area contributed by atoms with Crippen LogP contribution in [0.5, 0.6) is 0 Å². The zero-order valence-corrected chi connectivity index (χ0v) is 10.9. The molecule has 0 aromatic carbocycles. The van der Waals surface area contributed by atoms with Crippen LogP contribution in [0.25, 0.3) is 0 Å². The molecule has 0 atom stereocenters. The molecule has 0 saturated carbocycles. The molecular weight excluding hydrogens is 246 g/mol. The molecule has 2 rings (SSSR count). The Morgan fingerprint density at radius 1 is 1.44 bits per heavy atom. The van der Waals surface area contributed by atoms with E-state index in [-0.39, 0.29) is 0 Å². The lowest BCUT2D eigenvalue weighted by atomic mass is 10.3. The fourth-order valence-corrected chi connectivity index (χ4v) is 2.03. The first-order valence-electron chi connectivity index (χ1n) is 5.47. The van der Waals surface area contributed by atoms with E-state index in [9.17, 15) is 0 Å². The number of hydrazone groups is 1. The minimum Gasteiger partial charge on any atom is -0.381 e. The highest BCUT2D eigenvalue weighted by atomic mass is 32.1. The number of aryl methyl sites for hydroxylation is 1. The molecule has 0 bridgehead atoms. The predicted molar refractivity (Wildman–Crippen MR) is 73.7 cm³/mol. The number of hydrazine groups is 1. The summed E-state index contributed by atoms with van der Waals surface area (Å²) in [7, 11) is 0. The summed E-state index contributed by atoms with van der Waals surface area (Å²) in [5.74, 6) is 6.20. The van der Waals surface area contributed by atoms with Crippen molar-refractivity contribution < 1.29 is 0 Å². The molecule has 94 valence electrons. The van der Waals surface area contributed by atoms with Crippen LogP contribution in [-0.4, -0.2) is 15.9 Å². The van der Waals surface area contributed by atoms with Crippen LogP contribution in [0.1, 0.15) is 16.1 Å². The summed E-state index contributed by atoms with van der Waals surface area (Å²) in [4.78, 5) is 5.16. The Hall–Kier alpha value is -1.92. The molecule has 0 saturated heterocycles. The number of thiophene rings is 1. The molecule has 2 aromatic rings. The third kappa shape index (κ3) is 3.28. The van der Waals surface area contributed by atoms with E-state index in [1.165, 1.54) is 16.5 Å². The molecule has 0 fully saturated rings. The van der Waals surface area contributed by atoms with Crippen molar-refractivity contribution in [1.82, 2.24) is 10.1 Å². The molecule has 0 aliphatic heterocycles. The zero-order valence-electron chi connectivity index (χ0n) is 10.1. The highest BCUT2D eigenvalue weighted by molar-refractivity contribution is 7.12. The van der Waals surface area contributed by atoms with Gasteiger partial charge in [-0.2, -0.15) is 0 Å². The normalized spacial score (nSPS) is 11.6. The van der Waals surface area contributed by atoms with Crippen LogP contribution < -0.4 is 11.6 Å². The van der Waals surface area contributed by atoms with Gasteiger partial charge in [-0.3, -0.25) is 4.98 Å². The monoisotopic (exact) mass is 261 g/mol. The van der Waals surface area contributed by atoms with E-state index in [4.69, 9.17) is 11.6 Å². The molecule has 2 aromatic heterocycles. The maximum absolute atomic E-state index is 5.84. The first-order valence-corrected chi connectivity index (χ1v) is 6.35. The van der Waals surface area contributed by atoms with E-state index in [1.54, 1.807) is 6.20 Å². The van der Waals surface area contributed by atoms with Crippen molar-refractivity contribution in [3.05, 3.63) is 52.0 Å². The van der Waals surface area contributed by atoms with Crippen molar-refractivity contribution >= 4 is 17.2 Å². The lowest BCUT2D eigenvalue weighted by Crippen LogP contribution is -2.29. The summed E-state index contributed by atoms with van der Waals surface area (Å²) in [6.07, 6.45) is 1.80. The van der Waals surface area contributed by atoms with Gasteiger partial charge in [0.25, 0.3) is 0 Å². The predicted octanol–water partition coefficient (Wildman–Crippen LogP) is 1.45. The van der Waals surface area contributed by atoms with Gasteiger partial charge < -0.3 is 5.73 Å². The van der Waals surface area contributed by atoms with Crippen LogP contribution >= 0.6 is 11.3 Å². The second-order valence-electron chi connectivity index (χ2n) is 3.89. The maximum Gasteiger partial charge on any atom is 0.162 e. The molecule has 0 radical (unpaired) electrons. The van der Waals surface area contributed by atoms with Crippen LogP contribution in [0.3, 0.4) is 0 Å². The largest absolute Gasteiger partial charge is 0.381 e. The van der Waals surface area contributed by atoms with Crippen LogP contribution in [0.2, 0.25) is 0 Å². The van der Waals surface area contributed by atoms with Crippen LogP contribution in [0.15, 0.2) is 40.9 Å². The summed E-state index contributed by atoms with van der Waals surface area (Å²) in [5, 5.41) is 7.36. The van der Waals surface area contributed by atoms with Crippen LogP contribution in [0.4, 0.5) is 0 Å². The fourth-order valence-electron chi connectivity index (χ4n) is 1.41. The molecule has 2 heterocycles. The van der Waals surface area contributed by atoms with Crippen molar-refractivity contribution in [3.63, 3.8) is 0 Å². The van der Waals surface area contributed by atoms with E-state index in [1.807, 2.05) is 36.6 Å². The van der Waals surface area contributed by atoms with Gasteiger partial charge in [0.15, 0.2) is 5.84 Å². The van der Waals surface area contributed by atoms with Gasteiger partial charge in [-0.15, -0.1) is 16.4 Å². The average Bonchev–Trinajstić information content (AvgIpc) is 2.85. The van der Waals surface area contributed by atoms with Gasteiger partial charge in [0.1, 0.15) is 0 Å². The van der Waals surface area contributed by atoms with Gasteiger partial charge in [-0.25, -0.2) is 11.0 Å². The molecular formula is C12H15N5S. The quantitative estimate of drug-likeness (QED) is 0.378. The average molecular weight is 261 g/mol. The molecule has 5 nitrogen and oxygen atoms in total. The molecule has 0 spiro atoms. The zero-order chi connectivity index (χ0) is 13.0. The summed E-state index contributed by atoms with van der Waals surface area (Å²) in [6, 6.07) is 7.74. The van der Waals surface area contributed by atoms with Crippen molar-refractivity contribution in [2.75, 3.05) is 0 Å². The van der Waals surface area contributed by atoms with Gasteiger partial charge in [0, 0.05) is 6.20 Å². The van der Waals surface area contributed by atoms with Crippen molar-refractivity contribution in [2.45, 2.75) is 13.5 Å². The van der Waals surface area contributed by atoms with Crippen LogP contribution in [-0.2, 0) is 6.54 Å². The minimum absolute atomic E-state index is 0.416. The van der Waals surface area contributed by atoms with Crippen molar-refractivity contribution in [3.8, 4) is 0 Å². The van der Waals surface area contributed by atoms with Crippen LogP contribution in [0, 0.1) is 6.92 Å². The second kappa shape index (κ2) is 5.61. The Labute approximate surface area is 110 Å². The lowest BCUT2D eigenvalue weighted by molar-refractivity contribution is 0.287. The van der Waals surface area contributed by atoms with Gasteiger partial charge in [-0.1, -0.05) is 12.1 Å². The summed E-state index contributed by atoms with van der Waals surface area (Å²) >= 11 is 1.53. The molecule has 0 aliphatic rings. The van der Waals surface area contributed by atoms with Gasteiger partial charge in [-0.05, 0) is 30.0 Å². The molecule has 18 heavy (non-hydrogen) atoms. The van der Waals surface area contributed by atoms with E-state index in [2.05, 4.69) is 10.1 Å². The highest BCUT2D eigenvalue weighted by Gasteiger charge is 2.03. The lowest BCUT2D eigenvalue weighted by Gasteiger charge is -2.12. The SMILES string of the molecule is Cc1ccc(CN(N)/N=C(\N)c2cccs2)nc1. The first kappa shape index (κ1) is 12.5. The third-order valence-corrected chi connectivity index (χ3v) is 3.20. The van der Waals surface area contributed by atoms with E-state index < -0.39 is 0 Å². The summed E-state index contributed by atoms with van der Waals surface area (Å²) in [6.45, 7) is 2.41. The van der Waals surface area contributed by atoms with Gasteiger partial charge >= 0.3 is 0 Å². The number of hydrogen-bond donors (Lipinski definition) is 2. The molecule has 0 amide bonds. The number of rotatable bonds is 4. The number of nitrogens with two attached hydrogens (primary N) is 2. The third-order valence-electron chi connectivity index (χ3n) is 2.31. The van der Waals surface area contributed by atoms with Crippen molar-refractivity contribution in [2.24, 2.45) is 16.7 Å². The van der Waals surface area contributed by atoms with Gasteiger partial charge in [0.2, 0.25) is 0 Å². The van der Waals surface area contributed by atoms with E-state index in [0.717, 1.165) is 16.1 Å². The first-order chi connectivity index (χ1) is 8.65. The number of pyridine rings is 1. The topological polar surface area (TPSA) is 80.5 Å². The van der Waals surface area contributed by atoms with E-state index >= 15 is 0 Å². The van der Waals surface area contributed by atoms with E-state index in [0.29, 0.717) is 12.4 Å². The smallest absolute Gasteiger partial charge is 0.162 e. The Bertz CT molecular complexity index is 518. The maximum atomic E-state index is 5.84. The second-order valence-corrected chi connectivity index (χ2v) is 4.83. The molecule has 6 heteroatoms. The molecule has 0 aliphatic carbocycles. The van der Waals surface area contributed by atoms with Gasteiger partial charge in [0.05, 0.1) is 17.1 Å². The number of aromatic nitrogens is 1. The Morgan fingerprint density at radius 3 is 2.89 bits per heavy atom. The molecule has 0 unspecified atom stereocenters. The standard InChI is InChI=1S/C12H15N5S/c1-9-4-5-10(15-7-9)8-17(14)16-12(13)11-3-2-6-18-11/h2-7H,8,14H2,1H3,(H2,13,16). The number of amidine groups is 1. The highest BCUT2D eigenvalue weighted by Crippen LogP contribution is 2.08. The fraction of sp³-hybridized carbons (Fsp3) is 0.167. The number of nitrogens with zero attached hydrogens (tertiary/aromatic N) is 3. The Morgan fingerprint density at radius 2 is 2.28 bits per heavy atom. The Balaban J connectivity index is 2.02. The summed E-state index contributed by atoms with van der Waals surface area (Å²) in [5.41, 5.74) is 7.80.